The third-order valence-electron chi connectivity index (χ3n) is 5.28. The fourth-order valence-corrected chi connectivity index (χ4v) is 3.73. The van der Waals surface area contributed by atoms with Gasteiger partial charge in [0.1, 0.15) is 0 Å². The van der Waals surface area contributed by atoms with E-state index >= 15 is 0 Å². The molecule has 1 aliphatic rings. The molecule has 0 bridgehead atoms. The van der Waals surface area contributed by atoms with Gasteiger partial charge in [0.2, 0.25) is 5.91 Å². The third kappa shape index (κ3) is 5.34. The molecule has 1 amide bonds. The maximum atomic E-state index is 12.1. The molecular formula is C20H33N3O3. The molecule has 2 rings (SSSR count). The van der Waals surface area contributed by atoms with Crippen LogP contribution in [0.15, 0.2) is 0 Å². The SMILES string of the molecule is CCOC(=O)c1c(C)[nH]c(CCC(=O)NCCN2CCCC[C@H]2C)c1C. The largest absolute Gasteiger partial charge is 0.462 e. The number of hydrogen-bond donors (Lipinski definition) is 2. The molecule has 6 heteroatoms. The van der Waals surface area contributed by atoms with Gasteiger partial charge in [0.15, 0.2) is 0 Å². The smallest absolute Gasteiger partial charge is 0.340 e. The number of carbonyl (C=O) groups is 2. The van der Waals surface area contributed by atoms with Crippen molar-refractivity contribution < 1.29 is 14.3 Å². The number of carbonyl (C=O) groups excluding carboxylic acids is 2. The van der Waals surface area contributed by atoms with Crippen molar-refractivity contribution in [3.8, 4) is 0 Å². The minimum absolute atomic E-state index is 0.0546. The lowest BCUT2D eigenvalue weighted by Gasteiger charge is -2.33. The van der Waals surface area contributed by atoms with Gasteiger partial charge in [0, 0.05) is 36.9 Å². The number of hydrogen-bond acceptors (Lipinski definition) is 4. The second kappa shape index (κ2) is 9.76. The van der Waals surface area contributed by atoms with E-state index in [1.807, 2.05) is 13.8 Å². The molecule has 2 N–H and O–H groups in total. The molecule has 2 heterocycles. The summed E-state index contributed by atoms with van der Waals surface area (Å²) in [6, 6.07) is 0.617. The van der Waals surface area contributed by atoms with Crippen molar-refractivity contribution in [2.24, 2.45) is 0 Å². The molecular weight excluding hydrogens is 330 g/mol. The van der Waals surface area contributed by atoms with Crippen LogP contribution in [-0.2, 0) is 16.0 Å². The van der Waals surface area contributed by atoms with E-state index in [1.165, 1.54) is 19.3 Å². The minimum atomic E-state index is -0.301. The lowest BCUT2D eigenvalue weighted by atomic mass is 10.0. The molecule has 0 unspecified atom stereocenters. The average molecular weight is 364 g/mol. The van der Waals surface area contributed by atoms with Crippen molar-refractivity contribution in [2.45, 2.75) is 65.8 Å². The molecule has 0 radical (unpaired) electrons. The number of nitrogens with zero attached hydrogens (tertiary/aromatic N) is 1. The van der Waals surface area contributed by atoms with Crippen molar-refractivity contribution >= 4 is 11.9 Å². The zero-order valence-corrected chi connectivity index (χ0v) is 16.6. The number of ether oxygens (including phenoxy) is 1. The maximum absolute atomic E-state index is 12.1. The van der Waals surface area contributed by atoms with Gasteiger partial charge in [-0.15, -0.1) is 0 Å². The zero-order chi connectivity index (χ0) is 19.1. The van der Waals surface area contributed by atoms with Crippen molar-refractivity contribution in [3.05, 3.63) is 22.5 Å². The van der Waals surface area contributed by atoms with E-state index in [0.717, 1.165) is 30.0 Å². The lowest BCUT2D eigenvalue weighted by Crippen LogP contribution is -2.42. The van der Waals surface area contributed by atoms with Gasteiger partial charge in [-0.2, -0.15) is 0 Å². The Morgan fingerprint density at radius 3 is 2.77 bits per heavy atom. The first-order valence-corrected chi connectivity index (χ1v) is 9.80. The number of aryl methyl sites for hydroxylation is 2. The van der Waals surface area contributed by atoms with Crippen LogP contribution in [0, 0.1) is 13.8 Å². The molecule has 26 heavy (non-hydrogen) atoms. The van der Waals surface area contributed by atoms with Crippen LogP contribution in [0.4, 0.5) is 0 Å². The van der Waals surface area contributed by atoms with Gasteiger partial charge in [-0.1, -0.05) is 6.42 Å². The number of esters is 1. The van der Waals surface area contributed by atoms with Gasteiger partial charge in [0.25, 0.3) is 0 Å². The fraction of sp³-hybridized carbons (Fsp3) is 0.700. The Morgan fingerprint density at radius 2 is 2.08 bits per heavy atom. The van der Waals surface area contributed by atoms with E-state index < -0.39 is 0 Å². The van der Waals surface area contributed by atoms with Gasteiger partial charge in [-0.05, 0) is 59.1 Å². The van der Waals surface area contributed by atoms with Crippen LogP contribution in [0.2, 0.25) is 0 Å². The van der Waals surface area contributed by atoms with Crippen molar-refractivity contribution in [1.82, 2.24) is 15.2 Å². The van der Waals surface area contributed by atoms with E-state index in [2.05, 4.69) is 22.1 Å². The zero-order valence-electron chi connectivity index (χ0n) is 16.6. The van der Waals surface area contributed by atoms with E-state index in [4.69, 9.17) is 4.74 Å². The highest BCUT2D eigenvalue weighted by atomic mass is 16.5. The Morgan fingerprint density at radius 1 is 1.31 bits per heavy atom. The Balaban J connectivity index is 1.78. The number of H-pyrrole nitrogens is 1. The lowest BCUT2D eigenvalue weighted by molar-refractivity contribution is -0.121. The predicted octanol–water partition coefficient (Wildman–Crippen LogP) is 2.73. The molecule has 1 atom stereocenters. The van der Waals surface area contributed by atoms with Gasteiger partial charge < -0.3 is 15.0 Å². The summed E-state index contributed by atoms with van der Waals surface area (Å²) in [7, 11) is 0. The summed E-state index contributed by atoms with van der Waals surface area (Å²) in [6.07, 6.45) is 4.83. The first-order valence-electron chi connectivity index (χ1n) is 9.80. The molecule has 1 aromatic heterocycles. The molecule has 0 spiro atoms. The Kier molecular flexibility index (Phi) is 7.69. The Labute approximate surface area is 156 Å². The van der Waals surface area contributed by atoms with Crippen LogP contribution in [0.25, 0.3) is 0 Å². The van der Waals surface area contributed by atoms with Crippen LogP contribution in [-0.4, -0.2) is 54.0 Å². The third-order valence-corrected chi connectivity index (χ3v) is 5.28. The number of amides is 1. The van der Waals surface area contributed by atoms with E-state index in [1.54, 1.807) is 6.92 Å². The Hall–Kier alpha value is -1.82. The van der Waals surface area contributed by atoms with Crippen LogP contribution >= 0.6 is 0 Å². The second-order valence-corrected chi connectivity index (χ2v) is 7.18. The molecule has 6 nitrogen and oxygen atoms in total. The monoisotopic (exact) mass is 363 g/mol. The normalized spacial score (nSPS) is 17.9. The molecule has 0 aliphatic carbocycles. The number of piperidine rings is 1. The number of nitrogens with one attached hydrogen (secondary N) is 2. The van der Waals surface area contributed by atoms with Gasteiger partial charge in [-0.25, -0.2) is 4.79 Å². The van der Waals surface area contributed by atoms with Gasteiger partial charge >= 0.3 is 5.97 Å². The molecule has 1 aliphatic heterocycles. The van der Waals surface area contributed by atoms with Crippen molar-refractivity contribution in [2.75, 3.05) is 26.2 Å². The number of rotatable bonds is 8. The van der Waals surface area contributed by atoms with E-state index in [0.29, 0.717) is 37.6 Å². The topological polar surface area (TPSA) is 74.4 Å². The molecule has 1 fully saturated rings. The number of likely N-dealkylation sites (tertiary alicyclic amines) is 1. The van der Waals surface area contributed by atoms with E-state index in [-0.39, 0.29) is 11.9 Å². The van der Waals surface area contributed by atoms with Crippen LogP contribution in [0.1, 0.15) is 66.8 Å². The first-order chi connectivity index (χ1) is 12.4. The molecule has 0 saturated carbocycles. The van der Waals surface area contributed by atoms with Crippen molar-refractivity contribution in [3.63, 3.8) is 0 Å². The molecule has 1 aromatic rings. The van der Waals surface area contributed by atoms with Crippen LogP contribution in [0.3, 0.4) is 0 Å². The molecule has 0 aromatic carbocycles. The first kappa shape index (κ1) is 20.5. The molecule has 146 valence electrons. The quantitative estimate of drug-likeness (QED) is 0.697. The summed E-state index contributed by atoms with van der Waals surface area (Å²) in [5.41, 5.74) is 3.22. The van der Waals surface area contributed by atoms with Crippen LogP contribution < -0.4 is 5.32 Å². The Bertz CT molecular complexity index is 624. The number of aromatic amines is 1. The summed E-state index contributed by atoms with van der Waals surface area (Å²) < 4.78 is 5.11. The summed E-state index contributed by atoms with van der Waals surface area (Å²) in [5, 5.41) is 3.02. The van der Waals surface area contributed by atoms with Crippen molar-refractivity contribution in [1.29, 1.82) is 0 Å². The number of aromatic nitrogens is 1. The maximum Gasteiger partial charge on any atom is 0.340 e. The summed E-state index contributed by atoms with van der Waals surface area (Å²) in [4.78, 5) is 29.9. The fourth-order valence-electron chi connectivity index (χ4n) is 3.73. The van der Waals surface area contributed by atoms with Crippen LogP contribution in [0.5, 0.6) is 0 Å². The predicted molar refractivity (Wildman–Crippen MR) is 102 cm³/mol. The second-order valence-electron chi connectivity index (χ2n) is 7.18. The van der Waals surface area contributed by atoms with Gasteiger partial charge in [0.05, 0.1) is 12.2 Å². The summed E-state index contributed by atoms with van der Waals surface area (Å²) in [6.45, 7) is 10.9. The highest BCUT2D eigenvalue weighted by Gasteiger charge is 2.20. The van der Waals surface area contributed by atoms with Gasteiger partial charge in [-0.3, -0.25) is 9.69 Å². The van der Waals surface area contributed by atoms with E-state index in [9.17, 15) is 9.59 Å². The molecule has 1 saturated heterocycles. The summed E-state index contributed by atoms with van der Waals surface area (Å²) >= 11 is 0. The summed E-state index contributed by atoms with van der Waals surface area (Å²) in [5.74, 6) is -0.246. The average Bonchev–Trinajstić information content (AvgIpc) is 2.89. The highest BCUT2D eigenvalue weighted by Crippen LogP contribution is 2.20. The highest BCUT2D eigenvalue weighted by molar-refractivity contribution is 5.92. The standard InChI is InChI=1S/C20H33N3O3/c1-5-26-20(25)19-15(3)17(22-16(19)4)9-10-18(24)21-11-13-23-12-7-6-8-14(23)2/h14,22H,5-13H2,1-4H3,(H,21,24)/t14-/m1/s1. The minimum Gasteiger partial charge on any atom is -0.462 e.